The predicted molar refractivity (Wildman–Crippen MR) is 101 cm³/mol. The third kappa shape index (κ3) is 6.67. The Kier molecular flexibility index (Phi) is 8.48. The van der Waals surface area contributed by atoms with Gasteiger partial charge in [-0.25, -0.2) is 0 Å². The van der Waals surface area contributed by atoms with E-state index in [-0.39, 0.29) is 5.91 Å². The molecule has 0 aliphatic heterocycles. The van der Waals surface area contributed by atoms with Gasteiger partial charge in [-0.05, 0) is 30.4 Å². The van der Waals surface area contributed by atoms with E-state index in [1.165, 1.54) is 19.3 Å². The lowest BCUT2D eigenvalue weighted by Crippen LogP contribution is -2.49. The summed E-state index contributed by atoms with van der Waals surface area (Å²) in [5.74, 6) is 0.410. The predicted octanol–water partition coefficient (Wildman–Crippen LogP) is 2.53. The molecule has 0 saturated heterocycles. The van der Waals surface area contributed by atoms with Crippen molar-refractivity contribution in [2.45, 2.75) is 70.7 Å². The van der Waals surface area contributed by atoms with Gasteiger partial charge in [-0.1, -0.05) is 52.0 Å². The van der Waals surface area contributed by atoms with Gasteiger partial charge in [0.15, 0.2) is 6.23 Å². The van der Waals surface area contributed by atoms with Crippen molar-refractivity contribution in [2.75, 3.05) is 6.61 Å². The van der Waals surface area contributed by atoms with Gasteiger partial charge in [-0.15, -0.1) is 0 Å². The van der Waals surface area contributed by atoms with Crippen molar-refractivity contribution in [2.24, 2.45) is 17.6 Å². The monoisotopic (exact) mass is 363 g/mol. The smallest absolute Gasteiger partial charge is 0.264 e. The number of nitrogens with one attached hydrogen (secondary N) is 1. The van der Waals surface area contributed by atoms with Crippen molar-refractivity contribution in [3.63, 3.8) is 0 Å². The molecule has 0 spiro atoms. The molecule has 26 heavy (non-hydrogen) atoms. The largest absolute Gasteiger partial charge is 0.385 e. The molecule has 1 aliphatic rings. The van der Waals surface area contributed by atoms with Crippen molar-refractivity contribution in [1.29, 1.82) is 0 Å². The normalized spacial score (nSPS) is 19.1. The molecule has 0 radical (unpaired) electrons. The van der Waals surface area contributed by atoms with Crippen LogP contribution in [0.5, 0.6) is 0 Å². The van der Waals surface area contributed by atoms with Gasteiger partial charge in [0.1, 0.15) is 6.10 Å². The second-order valence-corrected chi connectivity index (χ2v) is 7.70. The van der Waals surface area contributed by atoms with Crippen molar-refractivity contribution < 1.29 is 14.6 Å². The van der Waals surface area contributed by atoms with Gasteiger partial charge in [0.25, 0.3) is 5.91 Å². The highest BCUT2D eigenvalue weighted by Crippen LogP contribution is 2.30. The van der Waals surface area contributed by atoms with Gasteiger partial charge in [0.2, 0.25) is 0 Å². The number of nitrogens with zero attached hydrogens (tertiary/aromatic N) is 1. The summed E-state index contributed by atoms with van der Waals surface area (Å²) in [7, 11) is 0. The standard InChI is InChI=1S/C20H33N3O3/c1-14(2)13-26-19(21)20(25)23-17(12-15-8-4-3-5-9-15)18(24)16-10-6-7-11-22-16/h6-7,10-11,14-15,17-19,24H,3-5,8-9,12-13,21H2,1-2H3,(H,23,25)/t17-,18-,19?/m0/s1. The van der Waals surface area contributed by atoms with E-state index in [2.05, 4.69) is 10.3 Å². The molecular formula is C20H33N3O3. The molecule has 1 unspecified atom stereocenters. The molecular weight excluding hydrogens is 330 g/mol. The van der Waals surface area contributed by atoms with Gasteiger partial charge in [0.05, 0.1) is 18.3 Å². The fourth-order valence-corrected chi connectivity index (χ4v) is 3.44. The van der Waals surface area contributed by atoms with Crippen LogP contribution in [0.4, 0.5) is 0 Å². The molecule has 0 bridgehead atoms. The highest BCUT2D eigenvalue weighted by atomic mass is 16.5. The first-order valence-corrected chi connectivity index (χ1v) is 9.74. The zero-order chi connectivity index (χ0) is 18.9. The molecule has 1 aliphatic carbocycles. The Hall–Kier alpha value is -1.50. The number of amides is 1. The summed E-state index contributed by atoms with van der Waals surface area (Å²) in [5, 5.41) is 13.7. The number of aliphatic hydroxyl groups is 1. The van der Waals surface area contributed by atoms with Crippen molar-refractivity contribution in [3.05, 3.63) is 30.1 Å². The molecule has 2 rings (SSSR count). The summed E-state index contributed by atoms with van der Waals surface area (Å²) >= 11 is 0. The zero-order valence-corrected chi connectivity index (χ0v) is 15.9. The van der Waals surface area contributed by atoms with Crippen molar-refractivity contribution in [3.8, 4) is 0 Å². The molecule has 146 valence electrons. The van der Waals surface area contributed by atoms with Crippen LogP contribution in [0.3, 0.4) is 0 Å². The van der Waals surface area contributed by atoms with E-state index in [0.717, 1.165) is 19.3 Å². The molecule has 1 aromatic rings. The van der Waals surface area contributed by atoms with Crippen molar-refractivity contribution >= 4 is 5.91 Å². The first-order valence-electron chi connectivity index (χ1n) is 9.74. The van der Waals surface area contributed by atoms with E-state index in [0.29, 0.717) is 24.1 Å². The molecule has 3 atom stereocenters. The Morgan fingerprint density at radius 1 is 1.35 bits per heavy atom. The molecule has 1 amide bonds. The van der Waals surface area contributed by atoms with E-state index in [1.807, 2.05) is 19.9 Å². The zero-order valence-electron chi connectivity index (χ0n) is 15.9. The minimum Gasteiger partial charge on any atom is -0.385 e. The lowest BCUT2D eigenvalue weighted by molar-refractivity contribution is -0.135. The van der Waals surface area contributed by atoms with Gasteiger partial charge < -0.3 is 15.2 Å². The van der Waals surface area contributed by atoms with Crippen LogP contribution in [0.25, 0.3) is 0 Å². The van der Waals surface area contributed by atoms with Crippen LogP contribution in [-0.2, 0) is 9.53 Å². The van der Waals surface area contributed by atoms with E-state index in [4.69, 9.17) is 10.5 Å². The topological polar surface area (TPSA) is 97.5 Å². The minimum absolute atomic E-state index is 0.297. The Bertz CT molecular complexity index is 532. The molecule has 0 aromatic carbocycles. The van der Waals surface area contributed by atoms with Crippen LogP contribution >= 0.6 is 0 Å². The highest BCUT2D eigenvalue weighted by molar-refractivity contribution is 5.80. The number of pyridine rings is 1. The lowest BCUT2D eigenvalue weighted by atomic mass is 9.83. The molecule has 1 fully saturated rings. The van der Waals surface area contributed by atoms with E-state index >= 15 is 0 Å². The Labute approximate surface area is 156 Å². The van der Waals surface area contributed by atoms with Gasteiger partial charge in [-0.2, -0.15) is 0 Å². The third-order valence-electron chi connectivity index (χ3n) is 4.88. The van der Waals surface area contributed by atoms with Gasteiger partial charge >= 0.3 is 0 Å². The fourth-order valence-electron chi connectivity index (χ4n) is 3.44. The Balaban J connectivity index is 2.02. The Morgan fingerprint density at radius 2 is 2.08 bits per heavy atom. The maximum Gasteiger partial charge on any atom is 0.264 e. The number of aliphatic hydroxyl groups excluding tert-OH is 1. The van der Waals surface area contributed by atoms with Gasteiger partial charge in [0, 0.05) is 6.20 Å². The number of hydrogen-bond donors (Lipinski definition) is 3. The quantitative estimate of drug-likeness (QED) is 0.586. The maximum atomic E-state index is 12.5. The van der Waals surface area contributed by atoms with E-state index in [9.17, 15) is 9.90 Å². The minimum atomic E-state index is -1.03. The average molecular weight is 364 g/mol. The van der Waals surface area contributed by atoms with Crippen LogP contribution in [0.2, 0.25) is 0 Å². The maximum absolute atomic E-state index is 12.5. The van der Waals surface area contributed by atoms with E-state index in [1.54, 1.807) is 18.3 Å². The second kappa shape index (κ2) is 10.6. The molecule has 4 N–H and O–H groups in total. The summed E-state index contributed by atoms with van der Waals surface area (Å²) in [6.07, 6.45) is 6.44. The molecule has 1 saturated carbocycles. The highest BCUT2D eigenvalue weighted by Gasteiger charge is 2.29. The number of ether oxygens (including phenoxy) is 1. The SMILES string of the molecule is CC(C)COC(N)C(=O)N[C@@H](CC1CCCCC1)[C@@H](O)c1ccccn1. The second-order valence-electron chi connectivity index (χ2n) is 7.70. The molecule has 6 heteroatoms. The van der Waals surface area contributed by atoms with Crippen LogP contribution in [0, 0.1) is 11.8 Å². The van der Waals surface area contributed by atoms with Gasteiger partial charge in [-0.3, -0.25) is 15.5 Å². The van der Waals surface area contributed by atoms with Crippen LogP contribution < -0.4 is 11.1 Å². The number of carbonyl (C=O) groups excluding carboxylic acids is 1. The molecule has 1 aromatic heterocycles. The molecule has 6 nitrogen and oxygen atoms in total. The fraction of sp³-hybridized carbons (Fsp3) is 0.700. The number of hydrogen-bond acceptors (Lipinski definition) is 5. The van der Waals surface area contributed by atoms with E-state index < -0.39 is 18.4 Å². The first-order chi connectivity index (χ1) is 12.5. The summed E-state index contributed by atoms with van der Waals surface area (Å²) < 4.78 is 5.41. The number of rotatable bonds is 9. The summed E-state index contributed by atoms with van der Waals surface area (Å²) in [4.78, 5) is 16.7. The molecule has 1 heterocycles. The van der Waals surface area contributed by atoms with Crippen molar-refractivity contribution in [1.82, 2.24) is 10.3 Å². The van der Waals surface area contributed by atoms with Crippen LogP contribution in [0.1, 0.15) is 64.2 Å². The number of aromatic nitrogens is 1. The summed E-state index contributed by atoms with van der Waals surface area (Å²) in [6.45, 7) is 4.42. The summed E-state index contributed by atoms with van der Waals surface area (Å²) in [5.41, 5.74) is 6.41. The first kappa shape index (κ1) is 20.8. The van der Waals surface area contributed by atoms with Crippen LogP contribution in [-0.4, -0.2) is 34.9 Å². The summed E-state index contributed by atoms with van der Waals surface area (Å²) in [6, 6.07) is 5.00. The third-order valence-corrected chi connectivity index (χ3v) is 4.88. The average Bonchev–Trinajstić information content (AvgIpc) is 2.66. The number of nitrogens with two attached hydrogens (primary N) is 1. The Morgan fingerprint density at radius 3 is 2.69 bits per heavy atom. The number of carbonyl (C=O) groups is 1. The lowest BCUT2D eigenvalue weighted by Gasteiger charge is -2.30. The van der Waals surface area contributed by atoms with Crippen LogP contribution in [0.15, 0.2) is 24.4 Å².